The minimum Gasteiger partial charge on any atom is -0.469 e. The molecule has 26 heavy (non-hydrogen) atoms. The molecule has 1 aliphatic carbocycles. The first-order valence-electron chi connectivity index (χ1n) is 8.90. The maximum atomic E-state index is 11.7. The Morgan fingerprint density at radius 1 is 1.35 bits per heavy atom. The molecule has 0 spiro atoms. The molecule has 1 N–H and O–H groups in total. The summed E-state index contributed by atoms with van der Waals surface area (Å²) in [6.45, 7) is 4.18. The van der Waals surface area contributed by atoms with Gasteiger partial charge in [-0.15, -0.1) is 5.10 Å². The van der Waals surface area contributed by atoms with Crippen LogP contribution in [0.2, 0.25) is 0 Å². The topological polar surface area (TPSA) is 81.9 Å². The predicted molar refractivity (Wildman–Crippen MR) is 103 cm³/mol. The highest BCUT2D eigenvalue weighted by Crippen LogP contribution is 2.34. The number of methoxy groups -OCH3 is 1. The molecule has 2 heterocycles. The zero-order valence-corrected chi connectivity index (χ0v) is 16.9. The van der Waals surface area contributed by atoms with Gasteiger partial charge < -0.3 is 10.1 Å². The summed E-state index contributed by atoms with van der Waals surface area (Å²) < 4.78 is 7.55. The van der Waals surface area contributed by atoms with Crippen molar-refractivity contribution in [2.45, 2.75) is 51.6 Å². The molecule has 0 unspecified atom stereocenters. The van der Waals surface area contributed by atoms with Crippen LogP contribution in [0.4, 0.5) is 5.69 Å². The monoisotopic (exact) mass is 421 g/mol. The normalized spacial score (nSPS) is 20.2. The first kappa shape index (κ1) is 18.8. The van der Waals surface area contributed by atoms with E-state index in [1.54, 1.807) is 6.20 Å². The smallest absolute Gasteiger partial charge is 0.308 e. The van der Waals surface area contributed by atoms with Crippen LogP contribution in [-0.4, -0.2) is 39.1 Å². The van der Waals surface area contributed by atoms with Crippen molar-refractivity contribution in [2.75, 3.05) is 12.4 Å². The Labute approximate surface area is 161 Å². The van der Waals surface area contributed by atoms with Crippen LogP contribution < -0.4 is 5.32 Å². The zero-order valence-electron chi connectivity index (χ0n) is 15.3. The van der Waals surface area contributed by atoms with E-state index >= 15 is 0 Å². The van der Waals surface area contributed by atoms with Gasteiger partial charge in [0.25, 0.3) is 0 Å². The molecule has 0 aromatic carbocycles. The van der Waals surface area contributed by atoms with Gasteiger partial charge in [-0.05, 0) is 61.5 Å². The summed E-state index contributed by atoms with van der Waals surface area (Å²) in [5, 5.41) is 12.1. The van der Waals surface area contributed by atoms with E-state index in [9.17, 15) is 4.79 Å². The largest absolute Gasteiger partial charge is 0.469 e. The number of pyridine rings is 1. The van der Waals surface area contributed by atoms with Crippen LogP contribution in [0.25, 0.3) is 11.3 Å². The van der Waals surface area contributed by atoms with Crippen molar-refractivity contribution in [1.82, 2.24) is 20.0 Å². The third kappa shape index (κ3) is 4.23. The van der Waals surface area contributed by atoms with Gasteiger partial charge in [-0.3, -0.25) is 4.79 Å². The number of anilines is 1. The van der Waals surface area contributed by atoms with Gasteiger partial charge >= 0.3 is 5.97 Å². The lowest BCUT2D eigenvalue weighted by atomic mass is 9.86. The second-order valence-electron chi connectivity index (χ2n) is 6.96. The maximum absolute atomic E-state index is 11.7. The molecule has 1 aliphatic rings. The summed E-state index contributed by atoms with van der Waals surface area (Å²) >= 11 is 3.42. The van der Waals surface area contributed by atoms with Crippen molar-refractivity contribution < 1.29 is 9.53 Å². The molecule has 0 radical (unpaired) electrons. The molecule has 140 valence electrons. The van der Waals surface area contributed by atoms with Crippen LogP contribution in [-0.2, 0) is 9.53 Å². The van der Waals surface area contributed by atoms with Gasteiger partial charge in [0.1, 0.15) is 10.3 Å². The Morgan fingerprint density at radius 2 is 2.08 bits per heavy atom. The van der Waals surface area contributed by atoms with Crippen molar-refractivity contribution in [3.63, 3.8) is 0 Å². The van der Waals surface area contributed by atoms with E-state index in [2.05, 4.69) is 50.4 Å². The number of nitrogens with zero attached hydrogens (tertiary/aromatic N) is 4. The lowest BCUT2D eigenvalue weighted by Crippen LogP contribution is -2.24. The summed E-state index contributed by atoms with van der Waals surface area (Å²) in [6, 6.07) is 2.52. The zero-order chi connectivity index (χ0) is 18.7. The Morgan fingerprint density at radius 3 is 2.73 bits per heavy atom. The summed E-state index contributed by atoms with van der Waals surface area (Å²) in [5.74, 6) is -0.0928. The lowest BCUT2D eigenvalue weighted by molar-refractivity contribution is -0.146. The molecule has 0 saturated heterocycles. The van der Waals surface area contributed by atoms with E-state index in [0.717, 1.165) is 47.2 Å². The SMILES string of the molecule is COC(=O)C1CCC(n2cc(-c3cnc(Br)cc3NC(C)C)nn2)CC1. The van der Waals surface area contributed by atoms with E-state index in [1.807, 2.05) is 16.9 Å². The average Bonchev–Trinajstić information content (AvgIpc) is 3.10. The van der Waals surface area contributed by atoms with Crippen molar-refractivity contribution in [3.05, 3.63) is 23.1 Å². The maximum Gasteiger partial charge on any atom is 0.308 e. The first-order chi connectivity index (χ1) is 12.5. The number of hydrogen-bond acceptors (Lipinski definition) is 6. The molecule has 3 rings (SSSR count). The molecule has 2 aromatic heterocycles. The molecule has 0 atom stereocenters. The molecule has 1 fully saturated rings. The molecular weight excluding hydrogens is 398 g/mol. The second kappa shape index (κ2) is 8.16. The van der Waals surface area contributed by atoms with Crippen molar-refractivity contribution in [2.24, 2.45) is 5.92 Å². The number of ether oxygens (including phenoxy) is 1. The Bertz CT molecular complexity index is 769. The molecule has 8 heteroatoms. The second-order valence-corrected chi connectivity index (χ2v) is 7.78. The molecular formula is C18H24BrN5O2. The van der Waals surface area contributed by atoms with E-state index in [-0.39, 0.29) is 17.9 Å². The van der Waals surface area contributed by atoms with Gasteiger partial charge in [-0.1, -0.05) is 5.21 Å². The van der Waals surface area contributed by atoms with Crippen molar-refractivity contribution in [3.8, 4) is 11.3 Å². The quantitative estimate of drug-likeness (QED) is 0.583. The predicted octanol–water partition coefficient (Wildman–Crippen LogP) is 3.83. The summed E-state index contributed by atoms with van der Waals surface area (Å²) in [7, 11) is 1.45. The van der Waals surface area contributed by atoms with Gasteiger partial charge in [0.05, 0.1) is 25.3 Å². The molecule has 0 bridgehead atoms. The number of rotatable bonds is 5. The van der Waals surface area contributed by atoms with Crippen molar-refractivity contribution >= 4 is 27.6 Å². The lowest BCUT2D eigenvalue weighted by Gasteiger charge is -2.26. The highest BCUT2D eigenvalue weighted by atomic mass is 79.9. The van der Waals surface area contributed by atoms with E-state index in [4.69, 9.17) is 4.74 Å². The number of aromatic nitrogens is 4. The van der Waals surface area contributed by atoms with Gasteiger partial charge in [0, 0.05) is 23.5 Å². The number of carbonyl (C=O) groups excluding carboxylic acids is 1. The Hall–Kier alpha value is -1.96. The molecule has 2 aromatic rings. The minimum absolute atomic E-state index is 0.0109. The fraction of sp³-hybridized carbons (Fsp3) is 0.556. The number of carbonyl (C=O) groups is 1. The summed E-state index contributed by atoms with van der Waals surface area (Å²) in [4.78, 5) is 16.0. The van der Waals surface area contributed by atoms with E-state index in [0.29, 0.717) is 6.04 Å². The third-order valence-electron chi connectivity index (χ3n) is 4.71. The minimum atomic E-state index is -0.104. The van der Waals surface area contributed by atoms with Gasteiger partial charge in [-0.2, -0.15) is 0 Å². The third-order valence-corrected chi connectivity index (χ3v) is 5.14. The average molecular weight is 422 g/mol. The molecule has 0 amide bonds. The number of halogens is 1. The highest BCUT2D eigenvalue weighted by Gasteiger charge is 2.28. The van der Waals surface area contributed by atoms with Crippen LogP contribution >= 0.6 is 15.9 Å². The van der Waals surface area contributed by atoms with E-state index in [1.165, 1.54) is 7.11 Å². The molecule has 7 nitrogen and oxygen atoms in total. The van der Waals surface area contributed by atoms with Gasteiger partial charge in [-0.25, -0.2) is 9.67 Å². The van der Waals surface area contributed by atoms with Crippen LogP contribution in [0.15, 0.2) is 23.1 Å². The molecule has 0 aliphatic heterocycles. The van der Waals surface area contributed by atoms with E-state index < -0.39 is 0 Å². The number of nitrogens with one attached hydrogen (secondary N) is 1. The number of hydrogen-bond donors (Lipinski definition) is 1. The van der Waals surface area contributed by atoms with Crippen molar-refractivity contribution in [1.29, 1.82) is 0 Å². The Balaban J connectivity index is 1.76. The first-order valence-corrected chi connectivity index (χ1v) is 9.69. The van der Waals surface area contributed by atoms with Gasteiger partial charge in [0.15, 0.2) is 0 Å². The number of esters is 1. The fourth-order valence-corrected chi connectivity index (χ4v) is 3.72. The molecule has 1 saturated carbocycles. The summed E-state index contributed by atoms with van der Waals surface area (Å²) in [6.07, 6.45) is 7.23. The van der Waals surface area contributed by atoms with Crippen LogP contribution in [0.1, 0.15) is 45.6 Å². The van der Waals surface area contributed by atoms with Crippen LogP contribution in [0, 0.1) is 5.92 Å². The van der Waals surface area contributed by atoms with Crippen LogP contribution in [0.3, 0.4) is 0 Å². The fourth-order valence-electron chi connectivity index (χ4n) is 3.39. The van der Waals surface area contributed by atoms with Crippen LogP contribution in [0.5, 0.6) is 0 Å². The van der Waals surface area contributed by atoms with Gasteiger partial charge in [0.2, 0.25) is 0 Å². The highest BCUT2D eigenvalue weighted by molar-refractivity contribution is 9.10. The standard InChI is InChI=1S/C18H24BrN5O2/c1-11(2)21-15-8-17(19)20-9-14(15)16-10-24(23-22-16)13-6-4-12(5-7-13)18(25)26-3/h8-13H,4-7H2,1-3H3,(H,20,21). The Kier molecular flexibility index (Phi) is 5.90. The summed E-state index contributed by atoms with van der Waals surface area (Å²) in [5.41, 5.74) is 2.70.